The lowest BCUT2D eigenvalue weighted by atomic mass is 10.2. The molecule has 0 saturated heterocycles. The number of carbonyl (C=O) groups is 1. The lowest BCUT2D eigenvalue weighted by molar-refractivity contribution is -0.115. The second-order valence-corrected chi connectivity index (χ2v) is 5.66. The van der Waals surface area contributed by atoms with E-state index in [1.54, 1.807) is 7.11 Å². The summed E-state index contributed by atoms with van der Waals surface area (Å²) >= 11 is 0. The number of para-hydroxylation sites is 2. The molecule has 0 aliphatic heterocycles. The first-order valence-corrected chi connectivity index (χ1v) is 7.97. The van der Waals surface area contributed by atoms with Gasteiger partial charge in [0.1, 0.15) is 11.5 Å². The summed E-state index contributed by atoms with van der Waals surface area (Å²) in [5.41, 5.74) is 1.77. The topological polar surface area (TPSA) is 59.6 Å². The lowest BCUT2D eigenvalue weighted by Gasteiger charge is -2.15. The van der Waals surface area contributed by atoms with Crippen LogP contribution in [0.4, 0.5) is 5.69 Å². The maximum atomic E-state index is 12.1. The van der Waals surface area contributed by atoms with Crippen molar-refractivity contribution in [1.82, 2.24) is 5.32 Å². The van der Waals surface area contributed by atoms with Gasteiger partial charge in [-0.1, -0.05) is 24.3 Å². The highest BCUT2D eigenvalue weighted by Gasteiger charge is 2.08. The van der Waals surface area contributed by atoms with Gasteiger partial charge in [0.25, 0.3) is 0 Å². The third-order valence-corrected chi connectivity index (χ3v) is 3.30. The molecular weight excluding hydrogens is 304 g/mol. The molecule has 0 atom stereocenters. The van der Waals surface area contributed by atoms with Crippen LogP contribution in [-0.4, -0.2) is 25.7 Å². The molecule has 0 radical (unpaired) electrons. The highest BCUT2D eigenvalue weighted by Crippen LogP contribution is 2.24. The van der Waals surface area contributed by atoms with E-state index in [0.717, 1.165) is 11.3 Å². The molecule has 2 N–H and O–H groups in total. The molecule has 0 saturated carbocycles. The van der Waals surface area contributed by atoms with Gasteiger partial charge in [-0.25, -0.2) is 0 Å². The van der Waals surface area contributed by atoms with E-state index < -0.39 is 0 Å². The van der Waals surface area contributed by atoms with E-state index in [-0.39, 0.29) is 18.6 Å². The molecule has 0 heterocycles. The van der Waals surface area contributed by atoms with E-state index in [2.05, 4.69) is 10.6 Å². The van der Waals surface area contributed by atoms with E-state index in [1.807, 2.05) is 62.4 Å². The Morgan fingerprint density at radius 2 is 1.79 bits per heavy atom. The Morgan fingerprint density at radius 3 is 2.46 bits per heavy atom. The second-order valence-electron chi connectivity index (χ2n) is 5.66. The summed E-state index contributed by atoms with van der Waals surface area (Å²) in [5.74, 6) is 1.39. The predicted molar refractivity (Wildman–Crippen MR) is 95.5 cm³/mol. The molecule has 2 rings (SSSR count). The first-order chi connectivity index (χ1) is 11.6. The van der Waals surface area contributed by atoms with Crippen LogP contribution in [0, 0.1) is 0 Å². The molecule has 0 bridgehead atoms. The van der Waals surface area contributed by atoms with Gasteiger partial charge in [-0.05, 0) is 43.7 Å². The van der Waals surface area contributed by atoms with E-state index in [1.165, 1.54) is 0 Å². The Bertz CT molecular complexity index is 654. The largest absolute Gasteiger partial charge is 0.497 e. The van der Waals surface area contributed by atoms with Crippen LogP contribution < -0.4 is 20.1 Å². The number of amides is 1. The van der Waals surface area contributed by atoms with Gasteiger partial charge in [-0.3, -0.25) is 4.79 Å². The number of hydrogen-bond donors (Lipinski definition) is 2. The summed E-state index contributed by atoms with van der Waals surface area (Å²) in [7, 11) is 1.64. The third-order valence-electron chi connectivity index (χ3n) is 3.30. The molecular formula is C19H24N2O3. The molecule has 0 spiro atoms. The Labute approximate surface area is 143 Å². The monoisotopic (exact) mass is 328 g/mol. The number of nitrogens with one attached hydrogen (secondary N) is 2. The van der Waals surface area contributed by atoms with Crippen molar-refractivity contribution in [2.75, 3.05) is 19.0 Å². The molecule has 1 amide bonds. The molecule has 5 heteroatoms. The summed E-state index contributed by atoms with van der Waals surface area (Å²) in [6.07, 6.45) is 0.0521. The molecule has 0 aromatic heterocycles. The zero-order valence-corrected chi connectivity index (χ0v) is 14.3. The standard InChI is InChI=1S/C19H24N2O3/c1-14(2)24-18-7-5-4-6-17(18)21-19(22)13-20-12-15-8-10-16(23-3)11-9-15/h4-11,14,20H,12-13H2,1-3H3,(H,21,22). The second kappa shape index (κ2) is 8.93. The van der Waals surface area contributed by atoms with Crippen LogP contribution in [0.15, 0.2) is 48.5 Å². The van der Waals surface area contributed by atoms with Crippen molar-refractivity contribution in [2.45, 2.75) is 26.5 Å². The fourth-order valence-corrected chi connectivity index (χ4v) is 2.18. The number of anilines is 1. The molecule has 128 valence electrons. The normalized spacial score (nSPS) is 10.5. The zero-order chi connectivity index (χ0) is 17.4. The smallest absolute Gasteiger partial charge is 0.238 e. The minimum atomic E-state index is -0.108. The first-order valence-electron chi connectivity index (χ1n) is 7.97. The average Bonchev–Trinajstić information content (AvgIpc) is 2.57. The first kappa shape index (κ1) is 17.8. The zero-order valence-electron chi connectivity index (χ0n) is 14.3. The molecule has 2 aromatic rings. The van der Waals surface area contributed by atoms with Gasteiger partial charge in [-0.2, -0.15) is 0 Å². The SMILES string of the molecule is COc1ccc(CNCC(=O)Nc2ccccc2OC(C)C)cc1. The molecule has 24 heavy (non-hydrogen) atoms. The van der Waals surface area contributed by atoms with Crippen LogP contribution in [0.1, 0.15) is 19.4 Å². The van der Waals surface area contributed by atoms with E-state index in [9.17, 15) is 4.79 Å². The van der Waals surface area contributed by atoms with Gasteiger partial charge >= 0.3 is 0 Å². The highest BCUT2D eigenvalue weighted by atomic mass is 16.5. The molecule has 2 aromatic carbocycles. The minimum Gasteiger partial charge on any atom is -0.497 e. The molecule has 0 aliphatic rings. The number of hydrogen-bond acceptors (Lipinski definition) is 4. The van der Waals surface area contributed by atoms with E-state index >= 15 is 0 Å². The van der Waals surface area contributed by atoms with Crippen LogP contribution in [0.3, 0.4) is 0 Å². The van der Waals surface area contributed by atoms with Gasteiger partial charge in [-0.15, -0.1) is 0 Å². The fourth-order valence-electron chi connectivity index (χ4n) is 2.18. The number of ether oxygens (including phenoxy) is 2. The summed E-state index contributed by atoms with van der Waals surface area (Å²) in [4.78, 5) is 12.1. The van der Waals surface area contributed by atoms with Crippen molar-refractivity contribution in [3.8, 4) is 11.5 Å². The van der Waals surface area contributed by atoms with Crippen molar-refractivity contribution in [2.24, 2.45) is 0 Å². The van der Waals surface area contributed by atoms with Crippen molar-refractivity contribution in [3.63, 3.8) is 0 Å². The highest BCUT2D eigenvalue weighted by molar-refractivity contribution is 5.93. The third kappa shape index (κ3) is 5.59. The number of methoxy groups -OCH3 is 1. The van der Waals surface area contributed by atoms with Crippen molar-refractivity contribution < 1.29 is 14.3 Å². The Balaban J connectivity index is 1.83. The molecule has 0 unspecified atom stereocenters. The van der Waals surface area contributed by atoms with Crippen molar-refractivity contribution >= 4 is 11.6 Å². The number of rotatable bonds is 8. The Morgan fingerprint density at radius 1 is 1.08 bits per heavy atom. The number of carbonyl (C=O) groups excluding carboxylic acids is 1. The maximum absolute atomic E-state index is 12.1. The van der Waals surface area contributed by atoms with Crippen LogP contribution in [0.25, 0.3) is 0 Å². The summed E-state index contributed by atoms with van der Waals surface area (Å²) < 4.78 is 10.8. The van der Waals surface area contributed by atoms with Crippen LogP contribution in [0.5, 0.6) is 11.5 Å². The maximum Gasteiger partial charge on any atom is 0.238 e. The summed E-state index contributed by atoms with van der Waals surface area (Å²) in [6.45, 7) is 4.74. The lowest BCUT2D eigenvalue weighted by Crippen LogP contribution is -2.28. The predicted octanol–water partition coefficient (Wildman–Crippen LogP) is 3.21. The molecule has 0 aliphatic carbocycles. The molecule has 0 fully saturated rings. The minimum absolute atomic E-state index is 0.0521. The van der Waals surface area contributed by atoms with Gasteiger partial charge in [0, 0.05) is 6.54 Å². The Kier molecular flexibility index (Phi) is 6.63. The summed E-state index contributed by atoms with van der Waals surface area (Å²) in [6, 6.07) is 15.2. The fraction of sp³-hybridized carbons (Fsp3) is 0.316. The van der Waals surface area contributed by atoms with Gasteiger partial charge < -0.3 is 20.1 Å². The van der Waals surface area contributed by atoms with Crippen molar-refractivity contribution in [3.05, 3.63) is 54.1 Å². The number of benzene rings is 2. The van der Waals surface area contributed by atoms with Crippen LogP contribution in [0.2, 0.25) is 0 Å². The summed E-state index contributed by atoms with van der Waals surface area (Å²) in [5, 5.41) is 6.00. The van der Waals surface area contributed by atoms with Gasteiger partial charge in [0.2, 0.25) is 5.91 Å². The van der Waals surface area contributed by atoms with Crippen molar-refractivity contribution in [1.29, 1.82) is 0 Å². The van der Waals surface area contributed by atoms with E-state index in [4.69, 9.17) is 9.47 Å². The van der Waals surface area contributed by atoms with Gasteiger partial charge in [0.15, 0.2) is 0 Å². The quantitative estimate of drug-likeness (QED) is 0.781. The van der Waals surface area contributed by atoms with Crippen LogP contribution >= 0.6 is 0 Å². The molecule has 5 nitrogen and oxygen atoms in total. The van der Waals surface area contributed by atoms with Crippen LogP contribution in [-0.2, 0) is 11.3 Å². The van der Waals surface area contributed by atoms with Gasteiger partial charge in [0.05, 0.1) is 25.4 Å². The van der Waals surface area contributed by atoms with E-state index in [0.29, 0.717) is 18.0 Å². The average molecular weight is 328 g/mol. The Hall–Kier alpha value is -2.53.